The van der Waals surface area contributed by atoms with Crippen LogP contribution in [0.15, 0.2) is 22.7 Å². The molecular formula is C10H12BrN5O. The molecule has 0 spiro atoms. The van der Waals surface area contributed by atoms with Gasteiger partial charge in [0.25, 0.3) is 0 Å². The smallest absolute Gasteiger partial charge is 0.170 e. The number of nitrogens with one attached hydrogen (secondary N) is 1. The molecule has 0 atom stereocenters. The fourth-order valence-electron chi connectivity index (χ4n) is 1.46. The van der Waals surface area contributed by atoms with Crippen molar-refractivity contribution in [2.45, 2.75) is 6.54 Å². The van der Waals surface area contributed by atoms with E-state index in [1.165, 1.54) is 0 Å². The van der Waals surface area contributed by atoms with E-state index in [0.717, 1.165) is 21.7 Å². The molecule has 0 aliphatic heterocycles. The van der Waals surface area contributed by atoms with Crippen molar-refractivity contribution < 1.29 is 4.74 Å². The number of benzene rings is 1. The van der Waals surface area contributed by atoms with Crippen LogP contribution in [0.2, 0.25) is 0 Å². The van der Waals surface area contributed by atoms with Crippen LogP contribution in [0.4, 0.5) is 0 Å². The normalized spacial score (nSPS) is 10.5. The summed E-state index contributed by atoms with van der Waals surface area (Å²) < 4.78 is 7.79. The summed E-state index contributed by atoms with van der Waals surface area (Å²) in [4.78, 5) is 0. The van der Waals surface area contributed by atoms with E-state index >= 15 is 0 Å². The molecule has 1 aromatic carbocycles. The van der Waals surface area contributed by atoms with Crippen LogP contribution in [-0.4, -0.2) is 34.4 Å². The Morgan fingerprint density at radius 3 is 2.94 bits per heavy atom. The van der Waals surface area contributed by atoms with Gasteiger partial charge in [-0.25, -0.2) is 0 Å². The molecular weight excluding hydrogens is 286 g/mol. The van der Waals surface area contributed by atoms with E-state index in [2.05, 4.69) is 36.8 Å². The highest BCUT2D eigenvalue weighted by atomic mass is 79.9. The molecule has 2 rings (SSSR count). The summed E-state index contributed by atoms with van der Waals surface area (Å²) in [6.07, 6.45) is 0. The lowest BCUT2D eigenvalue weighted by Crippen LogP contribution is -2.12. The third-order valence-corrected chi connectivity index (χ3v) is 2.66. The molecule has 6 nitrogen and oxygen atoms in total. The average Bonchev–Trinajstić information content (AvgIpc) is 2.77. The minimum absolute atomic E-state index is 0.599. The van der Waals surface area contributed by atoms with Gasteiger partial charge < -0.3 is 10.1 Å². The van der Waals surface area contributed by atoms with E-state index < -0.39 is 0 Å². The number of nitrogens with zero attached hydrogens (tertiary/aromatic N) is 4. The zero-order valence-corrected chi connectivity index (χ0v) is 11.1. The third-order valence-electron chi connectivity index (χ3n) is 2.21. The van der Waals surface area contributed by atoms with Gasteiger partial charge in [0.05, 0.1) is 19.3 Å². The van der Waals surface area contributed by atoms with Crippen molar-refractivity contribution in [1.82, 2.24) is 25.5 Å². The zero-order chi connectivity index (χ0) is 12.3. The van der Waals surface area contributed by atoms with Gasteiger partial charge in [-0.3, -0.25) is 0 Å². The average molecular weight is 298 g/mol. The first-order chi connectivity index (χ1) is 8.24. The second-order valence-electron chi connectivity index (χ2n) is 3.39. The van der Waals surface area contributed by atoms with Gasteiger partial charge in [0.1, 0.15) is 5.75 Å². The van der Waals surface area contributed by atoms with E-state index in [1.807, 2.05) is 25.2 Å². The number of ether oxygens (including phenoxy) is 1. The van der Waals surface area contributed by atoms with Crippen LogP contribution in [0.1, 0.15) is 5.82 Å². The van der Waals surface area contributed by atoms with Gasteiger partial charge >= 0.3 is 0 Å². The molecule has 1 heterocycles. The van der Waals surface area contributed by atoms with Crippen molar-refractivity contribution in [1.29, 1.82) is 0 Å². The molecule has 0 radical (unpaired) electrons. The number of methoxy groups -OCH3 is 1. The summed E-state index contributed by atoms with van der Waals surface area (Å²) in [6, 6.07) is 5.68. The van der Waals surface area contributed by atoms with Gasteiger partial charge in [-0.1, -0.05) is 15.9 Å². The molecule has 7 heteroatoms. The lowest BCUT2D eigenvalue weighted by atomic mass is 10.3. The topological polar surface area (TPSA) is 64.9 Å². The molecule has 0 fully saturated rings. The highest BCUT2D eigenvalue weighted by Crippen LogP contribution is 2.23. The molecule has 0 saturated carbocycles. The highest BCUT2D eigenvalue weighted by molar-refractivity contribution is 9.10. The third kappa shape index (κ3) is 2.62. The lowest BCUT2D eigenvalue weighted by molar-refractivity contribution is 0.414. The molecule has 1 N–H and O–H groups in total. The largest absolute Gasteiger partial charge is 0.497 e. The quantitative estimate of drug-likeness (QED) is 0.917. The summed E-state index contributed by atoms with van der Waals surface area (Å²) in [5, 5.41) is 14.6. The molecule has 90 valence electrons. The summed E-state index contributed by atoms with van der Waals surface area (Å²) in [5.74, 6) is 1.49. The fourth-order valence-corrected chi connectivity index (χ4v) is 1.92. The Kier molecular flexibility index (Phi) is 3.70. The summed E-state index contributed by atoms with van der Waals surface area (Å²) in [5.41, 5.74) is 0.853. The number of tetrazole rings is 1. The zero-order valence-electron chi connectivity index (χ0n) is 9.51. The second-order valence-corrected chi connectivity index (χ2v) is 4.30. The first kappa shape index (κ1) is 12.0. The number of halogens is 1. The Morgan fingerprint density at radius 2 is 2.24 bits per heavy atom. The summed E-state index contributed by atoms with van der Waals surface area (Å²) in [6.45, 7) is 0.599. The van der Waals surface area contributed by atoms with Crippen molar-refractivity contribution in [3.8, 4) is 11.4 Å². The van der Waals surface area contributed by atoms with Gasteiger partial charge in [-0.2, -0.15) is 4.68 Å². The van der Waals surface area contributed by atoms with E-state index in [0.29, 0.717) is 6.54 Å². The molecule has 0 unspecified atom stereocenters. The van der Waals surface area contributed by atoms with Crippen LogP contribution in [0.5, 0.6) is 5.75 Å². The lowest BCUT2D eigenvalue weighted by Gasteiger charge is -2.07. The van der Waals surface area contributed by atoms with E-state index in [1.54, 1.807) is 11.8 Å². The van der Waals surface area contributed by atoms with Gasteiger partial charge in [-0.05, 0) is 29.6 Å². The molecule has 0 amide bonds. The molecule has 2 aromatic rings. The number of aromatic nitrogens is 4. The van der Waals surface area contributed by atoms with Crippen molar-refractivity contribution in [2.24, 2.45) is 0 Å². The summed E-state index contributed by atoms with van der Waals surface area (Å²) in [7, 11) is 3.47. The first-order valence-electron chi connectivity index (χ1n) is 5.01. The minimum Gasteiger partial charge on any atom is -0.497 e. The second kappa shape index (κ2) is 5.24. The van der Waals surface area contributed by atoms with Crippen molar-refractivity contribution >= 4 is 15.9 Å². The number of hydrogen-bond acceptors (Lipinski definition) is 5. The van der Waals surface area contributed by atoms with Gasteiger partial charge in [0.2, 0.25) is 0 Å². The van der Waals surface area contributed by atoms with E-state index in [4.69, 9.17) is 4.74 Å². The Hall–Kier alpha value is -1.47. The summed E-state index contributed by atoms with van der Waals surface area (Å²) >= 11 is 3.43. The predicted molar refractivity (Wildman–Crippen MR) is 66.2 cm³/mol. The SMILES string of the molecule is CNCc1nnnn1-c1cc(Br)cc(OC)c1. The number of hydrogen-bond donors (Lipinski definition) is 1. The fraction of sp³-hybridized carbons (Fsp3) is 0.300. The van der Waals surface area contributed by atoms with Crippen molar-refractivity contribution in [2.75, 3.05) is 14.2 Å². The van der Waals surface area contributed by atoms with Crippen LogP contribution in [0.25, 0.3) is 5.69 Å². The first-order valence-corrected chi connectivity index (χ1v) is 5.80. The monoisotopic (exact) mass is 297 g/mol. The van der Waals surface area contributed by atoms with Gasteiger partial charge in [0.15, 0.2) is 5.82 Å². The van der Waals surface area contributed by atoms with Crippen LogP contribution in [-0.2, 0) is 6.54 Å². The Balaban J connectivity index is 2.44. The van der Waals surface area contributed by atoms with E-state index in [9.17, 15) is 0 Å². The van der Waals surface area contributed by atoms with Crippen LogP contribution < -0.4 is 10.1 Å². The Labute approximate surface area is 107 Å². The molecule has 1 aromatic heterocycles. The van der Waals surface area contributed by atoms with E-state index in [-0.39, 0.29) is 0 Å². The van der Waals surface area contributed by atoms with Crippen LogP contribution in [0.3, 0.4) is 0 Å². The number of rotatable bonds is 4. The molecule has 0 aliphatic carbocycles. The molecule has 0 saturated heterocycles. The Morgan fingerprint density at radius 1 is 1.41 bits per heavy atom. The highest BCUT2D eigenvalue weighted by Gasteiger charge is 2.09. The molecule has 0 bridgehead atoms. The van der Waals surface area contributed by atoms with Gasteiger partial charge in [-0.15, -0.1) is 5.10 Å². The van der Waals surface area contributed by atoms with Crippen molar-refractivity contribution in [3.05, 3.63) is 28.5 Å². The Bertz CT molecular complexity index is 513. The van der Waals surface area contributed by atoms with Gasteiger partial charge in [0, 0.05) is 10.5 Å². The van der Waals surface area contributed by atoms with Crippen molar-refractivity contribution in [3.63, 3.8) is 0 Å². The molecule has 0 aliphatic rings. The van der Waals surface area contributed by atoms with Crippen LogP contribution in [0, 0.1) is 0 Å². The maximum atomic E-state index is 5.21. The maximum absolute atomic E-state index is 5.21. The standard InChI is InChI=1S/C10H12BrN5O/c1-12-6-10-13-14-15-16(10)8-3-7(11)4-9(5-8)17-2/h3-5,12H,6H2,1-2H3. The van der Waals surface area contributed by atoms with Crippen LogP contribution >= 0.6 is 15.9 Å². The molecule has 17 heavy (non-hydrogen) atoms. The predicted octanol–water partition coefficient (Wildman–Crippen LogP) is 1.15. The minimum atomic E-state index is 0.599. The maximum Gasteiger partial charge on any atom is 0.170 e.